The van der Waals surface area contributed by atoms with Crippen LogP contribution in [0.1, 0.15) is 41.0 Å². The maximum Gasteiger partial charge on any atom is 0.324 e. The van der Waals surface area contributed by atoms with Crippen LogP contribution >= 0.6 is 0 Å². The first kappa shape index (κ1) is 16.4. The van der Waals surface area contributed by atoms with Gasteiger partial charge in [-0.05, 0) is 34.1 Å². The number of nitrogens with one attached hydrogen (secondary N) is 1. The van der Waals surface area contributed by atoms with Gasteiger partial charge in [-0.15, -0.1) is 0 Å². The summed E-state index contributed by atoms with van der Waals surface area (Å²) in [7, 11) is 0. The van der Waals surface area contributed by atoms with Crippen molar-refractivity contribution in [3.8, 4) is 0 Å². The number of rotatable bonds is 6. The van der Waals surface area contributed by atoms with Crippen LogP contribution in [0.25, 0.3) is 0 Å². The Morgan fingerprint density at radius 3 is 2.68 bits per heavy atom. The van der Waals surface area contributed by atoms with Gasteiger partial charge in [0.05, 0.1) is 12.7 Å². The molecule has 0 spiro atoms. The number of carboxylic acid groups (broad SMARTS) is 1. The van der Waals surface area contributed by atoms with Crippen molar-refractivity contribution in [1.29, 1.82) is 0 Å². The molecule has 1 aliphatic rings. The van der Waals surface area contributed by atoms with E-state index in [-0.39, 0.29) is 12.1 Å². The van der Waals surface area contributed by atoms with E-state index in [2.05, 4.69) is 17.1 Å². The molecule has 2 N–H and O–H groups in total. The first-order chi connectivity index (χ1) is 8.78. The van der Waals surface area contributed by atoms with Gasteiger partial charge in [0.15, 0.2) is 0 Å². The molecule has 19 heavy (non-hydrogen) atoms. The molecular formula is C14H28N2O3. The smallest absolute Gasteiger partial charge is 0.324 e. The first-order valence-electron chi connectivity index (χ1n) is 7.15. The molecule has 3 unspecified atom stereocenters. The van der Waals surface area contributed by atoms with Crippen LogP contribution in [0.3, 0.4) is 0 Å². The van der Waals surface area contributed by atoms with Gasteiger partial charge in [-0.3, -0.25) is 15.0 Å². The number of nitrogens with zero attached hydrogens (tertiary/aromatic N) is 1. The molecule has 112 valence electrons. The predicted molar refractivity (Wildman–Crippen MR) is 75.4 cm³/mol. The van der Waals surface area contributed by atoms with Gasteiger partial charge in [0.2, 0.25) is 0 Å². The van der Waals surface area contributed by atoms with E-state index in [0.717, 1.165) is 13.0 Å². The van der Waals surface area contributed by atoms with Crippen LogP contribution in [0.4, 0.5) is 0 Å². The van der Waals surface area contributed by atoms with Crippen LogP contribution < -0.4 is 5.32 Å². The minimum Gasteiger partial charge on any atom is -0.480 e. The zero-order valence-electron chi connectivity index (χ0n) is 12.8. The van der Waals surface area contributed by atoms with E-state index in [1.54, 1.807) is 6.92 Å². The van der Waals surface area contributed by atoms with Crippen molar-refractivity contribution in [3.05, 3.63) is 0 Å². The Balaban J connectivity index is 2.78. The molecular weight excluding hydrogens is 244 g/mol. The Morgan fingerprint density at radius 1 is 1.58 bits per heavy atom. The summed E-state index contributed by atoms with van der Waals surface area (Å²) in [6.07, 6.45) is 1.14. The van der Waals surface area contributed by atoms with E-state index in [0.29, 0.717) is 19.2 Å². The number of ether oxygens (including phenoxy) is 1. The molecule has 0 aromatic carbocycles. The van der Waals surface area contributed by atoms with Crippen molar-refractivity contribution < 1.29 is 14.6 Å². The van der Waals surface area contributed by atoms with Gasteiger partial charge in [0.25, 0.3) is 0 Å². The van der Waals surface area contributed by atoms with Crippen molar-refractivity contribution in [2.45, 2.75) is 64.8 Å². The molecule has 3 atom stereocenters. The largest absolute Gasteiger partial charge is 0.480 e. The van der Waals surface area contributed by atoms with E-state index in [4.69, 9.17) is 4.74 Å². The second-order valence-electron chi connectivity index (χ2n) is 6.07. The number of aliphatic carboxylic acids is 1. The van der Waals surface area contributed by atoms with E-state index < -0.39 is 11.5 Å². The number of carboxylic acids is 1. The minimum atomic E-state index is -0.918. The molecule has 0 radical (unpaired) electrons. The van der Waals surface area contributed by atoms with Crippen molar-refractivity contribution >= 4 is 5.97 Å². The number of carbonyl (C=O) groups is 1. The monoisotopic (exact) mass is 272 g/mol. The summed E-state index contributed by atoms with van der Waals surface area (Å²) >= 11 is 0. The maximum absolute atomic E-state index is 11.6. The lowest BCUT2D eigenvalue weighted by molar-refractivity contribution is -0.147. The van der Waals surface area contributed by atoms with E-state index in [1.807, 2.05) is 20.8 Å². The van der Waals surface area contributed by atoms with Crippen molar-refractivity contribution in [2.75, 3.05) is 19.7 Å². The van der Waals surface area contributed by atoms with Crippen molar-refractivity contribution in [1.82, 2.24) is 10.2 Å². The van der Waals surface area contributed by atoms with Crippen LogP contribution in [0.5, 0.6) is 0 Å². The molecule has 0 aliphatic carbocycles. The quantitative estimate of drug-likeness (QED) is 0.764. The molecule has 5 nitrogen and oxygen atoms in total. The second kappa shape index (κ2) is 6.68. The summed E-state index contributed by atoms with van der Waals surface area (Å²) < 4.78 is 5.66. The molecule has 1 aliphatic heterocycles. The third-order valence-electron chi connectivity index (χ3n) is 3.65. The van der Waals surface area contributed by atoms with Crippen LogP contribution in [0.2, 0.25) is 0 Å². The lowest BCUT2D eigenvalue weighted by atomic mass is 9.98. The van der Waals surface area contributed by atoms with Gasteiger partial charge in [0, 0.05) is 25.2 Å². The van der Waals surface area contributed by atoms with Crippen molar-refractivity contribution in [3.63, 3.8) is 0 Å². The summed E-state index contributed by atoms with van der Waals surface area (Å²) in [5, 5.41) is 12.7. The number of hydrogen-bond donors (Lipinski definition) is 2. The van der Waals surface area contributed by atoms with E-state index in [1.165, 1.54) is 0 Å². The van der Waals surface area contributed by atoms with Gasteiger partial charge in [-0.25, -0.2) is 0 Å². The zero-order chi connectivity index (χ0) is 14.6. The Morgan fingerprint density at radius 2 is 2.21 bits per heavy atom. The van der Waals surface area contributed by atoms with Crippen LogP contribution in [-0.4, -0.2) is 59.4 Å². The average molecular weight is 272 g/mol. The Bertz CT molecular complexity index is 309. The highest BCUT2D eigenvalue weighted by molar-refractivity contribution is 5.78. The highest BCUT2D eigenvalue weighted by atomic mass is 16.5. The Labute approximate surface area is 116 Å². The molecule has 5 heteroatoms. The van der Waals surface area contributed by atoms with Gasteiger partial charge >= 0.3 is 5.97 Å². The highest BCUT2D eigenvalue weighted by Crippen LogP contribution is 2.18. The van der Waals surface area contributed by atoms with Crippen LogP contribution in [0, 0.1) is 0 Å². The molecule has 1 saturated heterocycles. The molecule has 1 fully saturated rings. The maximum atomic E-state index is 11.6. The number of hydrogen-bond acceptors (Lipinski definition) is 4. The molecule has 0 bridgehead atoms. The Kier molecular flexibility index (Phi) is 5.77. The summed E-state index contributed by atoms with van der Waals surface area (Å²) in [6.45, 7) is 11.9. The predicted octanol–water partition coefficient (Wildman–Crippen LogP) is 1.33. The summed E-state index contributed by atoms with van der Waals surface area (Å²) in [6, 6.07) is 0.448. The summed E-state index contributed by atoms with van der Waals surface area (Å²) in [5.41, 5.74) is -0.918. The van der Waals surface area contributed by atoms with Crippen molar-refractivity contribution in [2.24, 2.45) is 0 Å². The zero-order valence-corrected chi connectivity index (χ0v) is 12.8. The SMILES string of the molecule is CCC1COC(C)CN1CC(C)(NC(C)C)C(=O)O. The second-order valence-corrected chi connectivity index (χ2v) is 6.07. The molecule has 0 aromatic heterocycles. The molecule has 0 aromatic rings. The van der Waals surface area contributed by atoms with Gasteiger partial charge in [-0.2, -0.15) is 0 Å². The highest BCUT2D eigenvalue weighted by Gasteiger charge is 2.38. The number of morpholine rings is 1. The summed E-state index contributed by atoms with van der Waals surface area (Å²) in [5.74, 6) is -0.796. The topological polar surface area (TPSA) is 61.8 Å². The van der Waals surface area contributed by atoms with Crippen LogP contribution in [0.15, 0.2) is 0 Å². The summed E-state index contributed by atoms with van der Waals surface area (Å²) in [4.78, 5) is 13.8. The fourth-order valence-corrected chi connectivity index (χ4v) is 2.70. The first-order valence-corrected chi connectivity index (χ1v) is 7.15. The van der Waals surface area contributed by atoms with E-state index in [9.17, 15) is 9.90 Å². The fourth-order valence-electron chi connectivity index (χ4n) is 2.70. The molecule has 1 heterocycles. The molecule has 1 rings (SSSR count). The third-order valence-corrected chi connectivity index (χ3v) is 3.65. The van der Waals surface area contributed by atoms with Gasteiger partial charge in [0.1, 0.15) is 5.54 Å². The van der Waals surface area contributed by atoms with Crippen LogP contribution in [-0.2, 0) is 9.53 Å². The Hall–Kier alpha value is -0.650. The molecule has 0 amide bonds. The van der Waals surface area contributed by atoms with Gasteiger partial charge < -0.3 is 9.84 Å². The minimum absolute atomic E-state index is 0.139. The lowest BCUT2D eigenvalue weighted by Gasteiger charge is -2.42. The van der Waals surface area contributed by atoms with Gasteiger partial charge in [-0.1, -0.05) is 6.92 Å². The normalized spacial score (nSPS) is 28.3. The lowest BCUT2D eigenvalue weighted by Crippen LogP contribution is -2.62. The fraction of sp³-hybridized carbons (Fsp3) is 0.929. The standard InChI is InChI=1S/C14H28N2O3/c1-6-12-8-19-11(4)7-16(12)9-14(5,13(17)18)15-10(2)3/h10-12,15H,6-9H2,1-5H3,(H,17,18). The molecule has 0 saturated carbocycles. The average Bonchev–Trinajstić information content (AvgIpc) is 2.27. The van der Waals surface area contributed by atoms with E-state index >= 15 is 0 Å². The third kappa shape index (κ3) is 4.44.